The first-order chi connectivity index (χ1) is 10.0. The molecule has 112 valence electrons. The summed E-state index contributed by atoms with van der Waals surface area (Å²) in [6, 6.07) is 7.34. The van der Waals surface area contributed by atoms with Crippen LogP contribution in [0.5, 0.6) is 0 Å². The maximum absolute atomic E-state index is 12.9. The Morgan fingerprint density at radius 2 is 2.00 bits per heavy atom. The third-order valence-corrected chi connectivity index (χ3v) is 4.09. The van der Waals surface area contributed by atoms with Crippen LogP contribution in [0.4, 0.5) is 0 Å². The molecule has 0 saturated heterocycles. The second kappa shape index (κ2) is 6.20. The van der Waals surface area contributed by atoms with E-state index in [1.165, 1.54) is 6.92 Å². The molecule has 0 heterocycles. The molecule has 0 fully saturated rings. The zero-order chi connectivity index (χ0) is 15.5. The highest BCUT2D eigenvalue weighted by atomic mass is 16.5. The fraction of sp³-hybridized carbons (Fsp3) is 0.471. The number of carbonyl (C=O) groups is 3. The van der Waals surface area contributed by atoms with E-state index in [-0.39, 0.29) is 31.0 Å². The Morgan fingerprint density at radius 1 is 1.29 bits per heavy atom. The number of aryl methyl sites for hydroxylation is 1. The van der Waals surface area contributed by atoms with Gasteiger partial charge in [0.25, 0.3) is 0 Å². The van der Waals surface area contributed by atoms with Crippen molar-refractivity contribution in [3.05, 3.63) is 35.4 Å². The van der Waals surface area contributed by atoms with Crippen molar-refractivity contribution < 1.29 is 19.1 Å². The first-order valence-corrected chi connectivity index (χ1v) is 7.30. The van der Waals surface area contributed by atoms with Gasteiger partial charge in [-0.1, -0.05) is 24.3 Å². The van der Waals surface area contributed by atoms with Crippen LogP contribution >= 0.6 is 0 Å². The summed E-state index contributed by atoms with van der Waals surface area (Å²) in [4.78, 5) is 36.6. The van der Waals surface area contributed by atoms with E-state index in [1.54, 1.807) is 19.1 Å². The summed E-state index contributed by atoms with van der Waals surface area (Å²) in [6.07, 6.45) is 1.51. The van der Waals surface area contributed by atoms with E-state index < -0.39 is 11.4 Å². The van der Waals surface area contributed by atoms with Crippen LogP contribution in [0, 0.1) is 5.41 Å². The smallest absolute Gasteiger partial charge is 0.320 e. The summed E-state index contributed by atoms with van der Waals surface area (Å²) in [7, 11) is 0. The fourth-order valence-corrected chi connectivity index (χ4v) is 2.87. The molecular weight excluding hydrogens is 268 g/mol. The summed E-state index contributed by atoms with van der Waals surface area (Å²) in [5, 5.41) is 0. The van der Waals surface area contributed by atoms with Gasteiger partial charge in [0.15, 0.2) is 5.78 Å². The lowest BCUT2D eigenvalue weighted by molar-refractivity contribution is -0.153. The molecule has 1 aromatic rings. The van der Waals surface area contributed by atoms with E-state index in [0.717, 1.165) is 5.56 Å². The average Bonchev–Trinajstić information content (AvgIpc) is 2.47. The van der Waals surface area contributed by atoms with Gasteiger partial charge in [0.2, 0.25) is 0 Å². The van der Waals surface area contributed by atoms with Gasteiger partial charge in [-0.25, -0.2) is 0 Å². The van der Waals surface area contributed by atoms with E-state index in [4.69, 9.17) is 4.74 Å². The van der Waals surface area contributed by atoms with Gasteiger partial charge in [0.05, 0.1) is 6.61 Å². The third-order valence-electron chi connectivity index (χ3n) is 4.09. The molecule has 0 amide bonds. The molecule has 0 saturated carbocycles. The molecule has 0 radical (unpaired) electrons. The van der Waals surface area contributed by atoms with Crippen LogP contribution < -0.4 is 0 Å². The molecule has 4 nitrogen and oxygen atoms in total. The fourth-order valence-electron chi connectivity index (χ4n) is 2.87. The van der Waals surface area contributed by atoms with Crippen LogP contribution in [-0.4, -0.2) is 24.1 Å². The maximum Gasteiger partial charge on any atom is 0.320 e. The molecule has 0 N–H and O–H groups in total. The molecule has 0 aromatic heterocycles. The highest BCUT2D eigenvalue weighted by Crippen LogP contribution is 2.40. The summed E-state index contributed by atoms with van der Waals surface area (Å²) in [5.41, 5.74) is 0.348. The van der Waals surface area contributed by atoms with Crippen molar-refractivity contribution in [1.82, 2.24) is 0 Å². The molecule has 0 spiro atoms. The first kappa shape index (κ1) is 15.4. The Bertz CT molecular complexity index is 576. The highest BCUT2D eigenvalue weighted by Gasteiger charge is 2.49. The van der Waals surface area contributed by atoms with Gasteiger partial charge in [-0.2, -0.15) is 0 Å². The van der Waals surface area contributed by atoms with Crippen molar-refractivity contribution in [2.24, 2.45) is 5.41 Å². The molecule has 0 aliphatic heterocycles. The van der Waals surface area contributed by atoms with E-state index >= 15 is 0 Å². The number of ether oxygens (including phenoxy) is 1. The van der Waals surface area contributed by atoms with Crippen molar-refractivity contribution in [2.45, 2.75) is 39.5 Å². The highest BCUT2D eigenvalue weighted by molar-refractivity contribution is 6.14. The molecule has 4 heteroatoms. The number of ketones is 2. The van der Waals surface area contributed by atoms with Crippen LogP contribution in [-0.2, 0) is 20.7 Å². The van der Waals surface area contributed by atoms with Crippen molar-refractivity contribution >= 4 is 17.5 Å². The normalized spacial score (nSPS) is 20.8. The standard InChI is InChI=1S/C17H20O4/c1-3-21-16(20)17(10-8-12(2)18)11-9-13-6-4-5-7-14(13)15(17)19/h4-7H,3,8-11H2,1-2H3. The predicted molar refractivity (Wildman–Crippen MR) is 78.1 cm³/mol. The molecule has 1 aliphatic rings. The number of benzene rings is 1. The molecule has 21 heavy (non-hydrogen) atoms. The lowest BCUT2D eigenvalue weighted by Gasteiger charge is -2.34. The number of rotatable bonds is 5. The number of hydrogen-bond donors (Lipinski definition) is 0. The lowest BCUT2D eigenvalue weighted by Crippen LogP contribution is -2.44. The number of esters is 1. The molecule has 1 unspecified atom stereocenters. The predicted octanol–water partition coefficient (Wildman–Crippen LogP) is 2.73. The van der Waals surface area contributed by atoms with E-state index in [0.29, 0.717) is 18.4 Å². The van der Waals surface area contributed by atoms with Crippen LogP contribution in [0.15, 0.2) is 24.3 Å². The van der Waals surface area contributed by atoms with Gasteiger partial charge in [-0.3, -0.25) is 9.59 Å². The minimum atomic E-state index is -1.20. The summed E-state index contributed by atoms with van der Waals surface area (Å²) in [5.74, 6) is -0.722. The number of hydrogen-bond acceptors (Lipinski definition) is 4. The largest absolute Gasteiger partial charge is 0.465 e. The SMILES string of the molecule is CCOC(=O)C1(CCC(C)=O)CCc2ccccc2C1=O. The molecular formula is C17H20O4. The average molecular weight is 288 g/mol. The van der Waals surface area contributed by atoms with Gasteiger partial charge in [-0.05, 0) is 38.7 Å². The van der Waals surface area contributed by atoms with Gasteiger partial charge in [-0.15, -0.1) is 0 Å². The number of carbonyl (C=O) groups excluding carboxylic acids is 3. The van der Waals surface area contributed by atoms with Crippen molar-refractivity contribution in [3.8, 4) is 0 Å². The van der Waals surface area contributed by atoms with Crippen LogP contribution in [0.1, 0.15) is 49.0 Å². The van der Waals surface area contributed by atoms with Gasteiger partial charge in [0.1, 0.15) is 11.2 Å². The van der Waals surface area contributed by atoms with Crippen LogP contribution in [0.2, 0.25) is 0 Å². The zero-order valence-electron chi connectivity index (χ0n) is 12.5. The number of Topliss-reactive ketones (excluding diaryl/α,β-unsaturated/α-hetero) is 2. The topological polar surface area (TPSA) is 60.4 Å². The van der Waals surface area contributed by atoms with Gasteiger partial charge in [0, 0.05) is 12.0 Å². The van der Waals surface area contributed by atoms with E-state index in [9.17, 15) is 14.4 Å². The Balaban J connectivity index is 2.39. The molecule has 1 aliphatic carbocycles. The third kappa shape index (κ3) is 2.89. The summed E-state index contributed by atoms with van der Waals surface area (Å²) < 4.78 is 5.13. The zero-order valence-corrected chi connectivity index (χ0v) is 12.5. The Labute approximate surface area is 124 Å². The summed E-state index contributed by atoms with van der Waals surface area (Å²) in [6.45, 7) is 3.42. The minimum Gasteiger partial charge on any atom is -0.465 e. The Hall–Kier alpha value is -1.97. The quantitative estimate of drug-likeness (QED) is 0.617. The van der Waals surface area contributed by atoms with Crippen molar-refractivity contribution in [2.75, 3.05) is 6.61 Å². The molecule has 1 atom stereocenters. The first-order valence-electron chi connectivity index (χ1n) is 7.30. The lowest BCUT2D eigenvalue weighted by atomic mass is 9.67. The summed E-state index contributed by atoms with van der Waals surface area (Å²) >= 11 is 0. The van der Waals surface area contributed by atoms with Gasteiger partial charge >= 0.3 is 5.97 Å². The minimum absolute atomic E-state index is 0.0228. The Kier molecular flexibility index (Phi) is 4.56. The van der Waals surface area contributed by atoms with Crippen LogP contribution in [0.25, 0.3) is 0 Å². The molecule has 2 rings (SSSR count). The van der Waals surface area contributed by atoms with E-state index in [1.807, 2.05) is 12.1 Å². The van der Waals surface area contributed by atoms with E-state index in [2.05, 4.69) is 0 Å². The van der Waals surface area contributed by atoms with Gasteiger partial charge < -0.3 is 9.53 Å². The van der Waals surface area contributed by atoms with Crippen molar-refractivity contribution in [3.63, 3.8) is 0 Å². The Morgan fingerprint density at radius 3 is 2.67 bits per heavy atom. The van der Waals surface area contributed by atoms with Crippen molar-refractivity contribution in [1.29, 1.82) is 0 Å². The second-order valence-electron chi connectivity index (χ2n) is 5.49. The molecule has 1 aromatic carbocycles. The monoisotopic (exact) mass is 288 g/mol. The van der Waals surface area contributed by atoms with Crippen LogP contribution in [0.3, 0.4) is 0 Å². The number of fused-ring (bicyclic) bond motifs is 1. The maximum atomic E-state index is 12.9. The second-order valence-corrected chi connectivity index (χ2v) is 5.49. The molecule has 0 bridgehead atoms.